The molecule has 0 radical (unpaired) electrons. The first-order chi connectivity index (χ1) is 10.7. The maximum atomic E-state index is 5.66. The Morgan fingerprint density at radius 1 is 1.14 bits per heavy atom. The van der Waals surface area contributed by atoms with Gasteiger partial charge in [-0.3, -0.25) is 0 Å². The van der Waals surface area contributed by atoms with E-state index < -0.39 is 0 Å². The van der Waals surface area contributed by atoms with Crippen LogP contribution in [0.1, 0.15) is 5.89 Å². The van der Waals surface area contributed by atoms with Crippen LogP contribution in [0.4, 0.5) is 5.69 Å². The lowest BCUT2D eigenvalue weighted by atomic mass is 10.2. The molecule has 0 amide bonds. The number of benzene rings is 2. The molecule has 0 aliphatic carbocycles. The van der Waals surface area contributed by atoms with Crippen molar-refractivity contribution in [2.75, 3.05) is 12.4 Å². The van der Waals surface area contributed by atoms with E-state index in [-0.39, 0.29) is 0 Å². The van der Waals surface area contributed by atoms with Gasteiger partial charge in [0, 0.05) is 15.7 Å². The maximum Gasteiger partial charge on any atom is 0.247 e. The van der Waals surface area contributed by atoms with Crippen molar-refractivity contribution in [3.8, 4) is 17.2 Å². The van der Waals surface area contributed by atoms with Gasteiger partial charge in [0.05, 0.1) is 13.7 Å². The molecule has 1 heterocycles. The van der Waals surface area contributed by atoms with Crippen LogP contribution >= 0.6 is 15.9 Å². The van der Waals surface area contributed by atoms with E-state index in [4.69, 9.17) is 9.15 Å². The Hall–Kier alpha value is -2.34. The van der Waals surface area contributed by atoms with Gasteiger partial charge in [0.2, 0.25) is 11.8 Å². The molecule has 3 aromatic rings. The van der Waals surface area contributed by atoms with E-state index in [1.54, 1.807) is 7.11 Å². The molecule has 0 bridgehead atoms. The number of anilines is 1. The summed E-state index contributed by atoms with van der Waals surface area (Å²) in [6.45, 7) is 0.472. The fourth-order valence-electron chi connectivity index (χ4n) is 1.95. The SMILES string of the molecule is COc1ccc(-c2nnc(CNc3cccc(Br)c3)o2)cc1. The largest absolute Gasteiger partial charge is 0.497 e. The second-order valence-corrected chi connectivity index (χ2v) is 5.51. The summed E-state index contributed by atoms with van der Waals surface area (Å²) in [4.78, 5) is 0. The predicted molar refractivity (Wildman–Crippen MR) is 87.8 cm³/mol. The molecule has 0 aliphatic rings. The summed E-state index contributed by atoms with van der Waals surface area (Å²) in [7, 11) is 1.63. The number of rotatable bonds is 5. The quantitative estimate of drug-likeness (QED) is 0.742. The van der Waals surface area contributed by atoms with E-state index in [1.165, 1.54) is 0 Å². The highest BCUT2D eigenvalue weighted by molar-refractivity contribution is 9.10. The van der Waals surface area contributed by atoms with Gasteiger partial charge >= 0.3 is 0 Å². The van der Waals surface area contributed by atoms with E-state index in [0.717, 1.165) is 21.5 Å². The van der Waals surface area contributed by atoms with E-state index in [0.29, 0.717) is 18.3 Å². The predicted octanol–water partition coefficient (Wildman–Crippen LogP) is 4.12. The average Bonchev–Trinajstić information content (AvgIpc) is 3.02. The maximum absolute atomic E-state index is 5.66. The normalized spacial score (nSPS) is 10.5. The number of aromatic nitrogens is 2. The molecule has 0 saturated carbocycles. The number of nitrogens with zero attached hydrogens (tertiary/aromatic N) is 2. The molecule has 2 aromatic carbocycles. The summed E-state index contributed by atoms with van der Waals surface area (Å²) < 4.78 is 11.8. The van der Waals surface area contributed by atoms with Gasteiger partial charge in [-0.25, -0.2) is 0 Å². The third kappa shape index (κ3) is 3.46. The van der Waals surface area contributed by atoms with Gasteiger partial charge in [-0.2, -0.15) is 0 Å². The van der Waals surface area contributed by atoms with Crippen molar-refractivity contribution in [2.45, 2.75) is 6.54 Å². The van der Waals surface area contributed by atoms with Crippen molar-refractivity contribution in [1.82, 2.24) is 10.2 Å². The molecule has 1 N–H and O–H groups in total. The monoisotopic (exact) mass is 359 g/mol. The standard InChI is InChI=1S/C16H14BrN3O2/c1-21-14-7-5-11(6-8-14)16-20-19-15(22-16)10-18-13-4-2-3-12(17)9-13/h2-9,18H,10H2,1H3. The third-order valence-electron chi connectivity index (χ3n) is 3.07. The van der Waals surface area contributed by atoms with Gasteiger partial charge in [0.15, 0.2) is 0 Å². The van der Waals surface area contributed by atoms with Crippen molar-refractivity contribution in [1.29, 1.82) is 0 Å². The summed E-state index contributed by atoms with van der Waals surface area (Å²) in [6, 6.07) is 15.4. The molecule has 0 saturated heterocycles. The Labute approximate surface area is 136 Å². The smallest absolute Gasteiger partial charge is 0.247 e. The van der Waals surface area contributed by atoms with Gasteiger partial charge in [-0.15, -0.1) is 10.2 Å². The molecular formula is C16H14BrN3O2. The highest BCUT2D eigenvalue weighted by atomic mass is 79.9. The molecule has 112 valence electrons. The minimum absolute atomic E-state index is 0.472. The average molecular weight is 360 g/mol. The fourth-order valence-corrected chi connectivity index (χ4v) is 2.35. The molecule has 0 unspecified atom stereocenters. The zero-order valence-electron chi connectivity index (χ0n) is 11.9. The minimum Gasteiger partial charge on any atom is -0.497 e. The highest BCUT2D eigenvalue weighted by Gasteiger charge is 2.08. The molecule has 3 rings (SSSR count). The molecule has 6 heteroatoms. The van der Waals surface area contributed by atoms with Crippen LogP contribution in [0.5, 0.6) is 5.75 Å². The topological polar surface area (TPSA) is 60.2 Å². The first kappa shape index (κ1) is 14.6. The second kappa shape index (κ2) is 6.62. The minimum atomic E-state index is 0.472. The number of ether oxygens (including phenoxy) is 1. The first-order valence-electron chi connectivity index (χ1n) is 6.71. The summed E-state index contributed by atoms with van der Waals surface area (Å²) in [6.07, 6.45) is 0. The Bertz CT molecular complexity index is 756. The van der Waals surface area contributed by atoms with E-state index in [9.17, 15) is 0 Å². The third-order valence-corrected chi connectivity index (χ3v) is 3.57. The lowest BCUT2D eigenvalue weighted by Gasteiger charge is -2.03. The summed E-state index contributed by atoms with van der Waals surface area (Å²) in [5, 5.41) is 11.4. The van der Waals surface area contributed by atoms with Crippen molar-refractivity contribution in [3.63, 3.8) is 0 Å². The van der Waals surface area contributed by atoms with Crippen LogP contribution in [-0.4, -0.2) is 17.3 Å². The molecule has 0 spiro atoms. The molecule has 0 aliphatic heterocycles. The fraction of sp³-hybridized carbons (Fsp3) is 0.125. The van der Waals surface area contributed by atoms with Gasteiger partial charge < -0.3 is 14.5 Å². The number of halogens is 1. The summed E-state index contributed by atoms with van der Waals surface area (Å²) in [5.41, 5.74) is 1.85. The van der Waals surface area contributed by atoms with Crippen LogP contribution in [0.2, 0.25) is 0 Å². The number of nitrogens with one attached hydrogen (secondary N) is 1. The van der Waals surface area contributed by atoms with E-state index in [1.807, 2.05) is 48.5 Å². The van der Waals surface area contributed by atoms with Gasteiger partial charge in [0.1, 0.15) is 5.75 Å². The van der Waals surface area contributed by atoms with Crippen LogP contribution in [0, 0.1) is 0 Å². The van der Waals surface area contributed by atoms with Crippen molar-refractivity contribution in [3.05, 3.63) is 58.9 Å². The van der Waals surface area contributed by atoms with Crippen molar-refractivity contribution in [2.24, 2.45) is 0 Å². The van der Waals surface area contributed by atoms with Crippen LogP contribution in [0.3, 0.4) is 0 Å². The second-order valence-electron chi connectivity index (χ2n) is 4.59. The van der Waals surface area contributed by atoms with Gasteiger partial charge in [-0.1, -0.05) is 22.0 Å². The molecule has 5 nitrogen and oxygen atoms in total. The zero-order chi connectivity index (χ0) is 15.4. The highest BCUT2D eigenvalue weighted by Crippen LogP contribution is 2.22. The molecule has 0 fully saturated rings. The van der Waals surface area contributed by atoms with E-state index >= 15 is 0 Å². The van der Waals surface area contributed by atoms with Crippen LogP contribution in [0.15, 0.2) is 57.4 Å². The Morgan fingerprint density at radius 3 is 2.68 bits per heavy atom. The molecule has 1 aromatic heterocycles. The Morgan fingerprint density at radius 2 is 1.95 bits per heavy atom. The van der Waals surface area contributed by atoms with Crippen LogP contribution in [0.25, 0.3) is 11.5 Å². The molecule has 0 atom stereocenters. The lowest BCUT2D eigenvalue weighted by Crippen LogP contribution is -1.99. The van der Waals surface area contributed by atoms with Gasteiger partial charge in [0.25, 0.3) is 0 Å². The van der Waals surface area contributed by atoms with Gasteiger partial charge in [-0.05, 0) is 42.5 Å². The first-order valence-corrected chi connectivity index (χ1v) is 7.50. The number of hydrogen-bond donors (Lipinski definition) is 1. The number of methoxy groups -OCH3 is 1. The van der Waals surface area contributed by atoms with Crippen molar-refractivity contribution < 1.29 is 9.15 Å². The lowest BCUT2D eigenvalue weighted by molar-refractivity contribution is 0.415. The Balaban J connectivity index is 1.68. The zero-order valence-corrected chi connectivity index (χ0v) is 13.5. The van der Waals surface area contributed by atoms with Crippen LogP contribution < -0.4 is 10.1 Å². The summed E-state index contributed by atoms with van der Waals surface area (Å²) >= 11 is 3.43. The molecule has 22 heavy (non-hydrogen) atoms. The summed E-state index contributed by atoms with van der Waals surface area (Å²) in [5.74, 6) is 1.82. The van der Waals surface area contributed by atoms with Crippen LogP contribution in [-0.2, 0) is 6.54 Å². The van der Waals surface area contributed by atoms with E-state index in [2.05, 4.69) is 31.4 Å². The van der Waals surface area contributed by atoms with Crippen molar-refractivity contribution >= 4 is 21.6 Å². The Kier molecular flexibility index (Phi) is 4.39. The molecular weight excluding hydrogens is 346 g/mol. The number of hydrogen-bond acceptors (Lipinski definition) is 5.